The van der Waals surface area contributed by atoms with Crippen molar-refractivity contribution in [3.05, 3.63) is 48.3 Å². The molecule has 0 aliphatic carbocycles. The zero-order valence-electron chi connectivity index (χ0n) is 10.7. The van der Waals surface area contributed by atoms with Crippen LogP contribution in [0.1, 0.15) is 0 Å². The predicted octanol–water partition coefficient (Wildman–Crippen LogP) is 3.18. The van der Waals surface area contributed by atoms with Crippen molar-refractivity contribution in [1.29, 1.82) is 0 Å². The lowest BCUT2D eigenvalue weighted by molar-refractivity contribution is 0.262. The lowest BCUT2D eigenvalue weighted by Gasteiger charge is -2.08. The Kier molecular flexibility index (Phi) is 4.05. The standard InChI is InChI=1S/C14H13FN2O3/c1-20-11-5-2-9(3-6-11)16-14(19)17-10-4-7-13(18)12(15)8-10/h2-8,18H,1H3,(H2,16,17,19). The summed E-state index contributed by atoms with van der Waals surface area (Å²) in [4.78, 5) is 11.7. The first-order valence-corrected chi connectivity index (χ1v) is 5.79. The average molecular weight is 276 g/mol. The summed E-state index contributed by atoms with van der Waals surface area (Å²) >= 11 is 0. The van der Waals surface area contributed by atoms with Crippen LogP contribution in [0.25, 0.3) is 0 Å². The fraction of sp³-hybridized carbons (Fsp3) is 0.0714. The van der Waals surface area contributed by atoms with Gasteiger partial charge in [-0.3, -0.25) is 0 Å². The lowest BCUT2D eigenvalue weighted by atomic mass is 10.3. The first-order chi connectivity index (χ1) is 9.58. The predicted molar refractivity (Wildman–Crippen MR) is 73.7 cm³/mol. The van der Waals surface area contributed by atoms with Gasteiger partial charge in [0, 0.05) is 17.4 Å². The molecule has 0 saturated carbocycles. The number of anilines is 2. The number of aromatic hydroxyl groups is 1. The Morgan fingerprint density at radius 2 is 1.70 bits per heavy atom. The molecule has 2 amide bonds. The van der Waals surface area contributed by atoms with Gasteiger partial charge in [0.25, 0.3) is 0 Å². The molecule has 0 heterocycles. The van der Waals surface area contributed by atoms with Crippen LogP contribution in [0.2, 0.25) is 0 Å². The molecule has 0 saturated heterocycles. The molecule has 0 spiro atoms. The number of phenols is 1. The minimum absolute atomic E-state index is 0.242. The van der Waals surface area contributed by atoms with Crippen molar-refractivity contribution in [3.8, 4) is 11.5 Å². The number of ether oxygens (including phenoxy) is 1. The molecule has 2 aromatic rings. The van der Waals surface area contributed by atoms with E-state index in [0.29, 0.717) is 11.4 Å². The molecule has 0 radical (unpaired) electrons. The Morgan fingerprint density at radius 3 is 2.30 bits per heavy atom. The molecule has 5 nitrogen and oxygen atoms in total. The zero-order valence-corrected chi connectivity index (χ0v) is 10.7. The normalized spacial score (nSPS) is 9.90. The van der Waals surface area contributed by atoms with Crippen molar-refractivity contribution in [2.24, 2.45) is 0 Å². The second-order valence-corrected chi connectivity index (χ2v) is 3.97. The highest BCUT2D eigenvalue weighted by Crippen LogP contribution is 2.20. The number of methoxy groups -OCH3 is 1. The van der Waals surface area contributed by atoms with E-state index in [1.165, 1.54) is 12.1 Å². The largest absolute Gasteiger partial charge is 0.505 e. The number of carbonyl (C=O) groups is 1. The van der Waals surface area contributed by atoms with Crippen LogP contribution in [-0.4, -0.2) is 18.2 Å². The van der Waals surface area contributed by atoms with Gasteiger partial charge in [0.1, 0.15) is 5.75 Å². The van der Waals surface area contributed by atoms with Crippen molar-refractivity contribution in [1.82, 2.24) is 0 Å². The number of hydrogen-bond acceptors (Lipinski definition) is 3. The van der Waals surface area contributed by atoms with Crippen LogP contribution in [-0.2, 0) is 0 Å². The summed E-state index contributed by atoms with van der Waals surface area (Å²) in [6.45, 7) is 0. The maximum atomic E-state index is 13.1. The number of rotatable bonds is 3. The smallest absolute Gasteiger partial charge is 0.323 e. The van der Waals surface area contributed by atoms with E-state index in [1.807, 2.05) is 0 Å². The highest BCUT2D eigenvalue weighted by molar-refractivity contribution is 5.99. The van der Waals surface area contributed by atoms with E-state index < -0.39 is 17.6 Å². The molecular formula is C14H13FN2O3. The van der Waals surface area contributed by atoms with Gasteiger partial charge in [0.15, 0.2) is 11.6 Å². The Labute approximate surface area is 115 Å². The molecule has 0 aliphatic heterocycles. The van der Waals surface area contributed by atoms with Crippen molar-refractivity contribution < 1.29 is 19.0 Å². The van der Waals surface area contributed by atoms with E-state index in [4.69, 9.17) is 9.84 Å². The quantitative estimate of drug-likeness (QED) is 0.754. The highest BCUT2D eigenvalue weighted by Gasteiger charge is 2.06. The minimum Gasteiger partial charge on any atom is -0.505 e. The van der Waals surface area contributed by atoms with Gasteiger partial charge >= 0.3 is 6.03 Å². The number of urea groups is 1. The van der Waals surface area contributed by atoms with Crippen LogP contribution in [0.4, 0.5) is 20.6 Å². The maximum absolute atomic E-state index is 13.1. The van der Waals surface area contributed by atoms with Gasteiger partial charge in [0.05, 0.1) is 7.11 Å². The monoisotopic (exact) mass is 276 g/mol. The van der Waals surface area contributed by atoms with Gasteiger partial charge in [-0.1, -0.05) is 0 Å². The number of benzene rings is 2. The Morgan fingerprint density at radius 1 is 1.10 bits per heavy atom. The third-order valence-corrected chi connectivity index (χ3v) is 2.55. The third-order valence-electron chi connectivity index (χ3n) is 2.55. The summed E-state index contributed by atoms with van der Waals surface area (Å²) in [5, 5.41) is 14.1. The summed E-state index contributed by atoms with van der Waals surface area (Å²) in [7, 11) is 1.55. The van der Waals surface area contributed by atoms with E-state index in [9.17, 15) is 9.18 Å². The van der Waals surface area contributed by atoms with E-state index in [1.54, 1.807) is 31.4 Å². The van der Waals surface area contributed by atoms with Crippen LogP contribution in [0.15, 0.2) is 42.5 Å². The summed E-state index contributed by atoms with van der Waals surface area (Å²) < 4.78 is 18.1. The van der Waals surface area contributed by atoms with Gasteiger partial charge in [-0.2, -0.15) is 0 Å². The van der Waals surface area contributed by atoms with Gasteiger partial charge in [0.2, 0.25) is 0 Å². The number of hydrogen-bond donors (Lipinski definition) is 3. The molecule has 0 atom stereocenters. The second kappa shape index (κ2) is 5.92. The molecule has 2 rings (SSSR count). The second-order valence-electron chi connectivity index (χ2n) is 3.97. The molecule has 0 unspecified atom stereocenters. The summed E-state index contributed by atoms with van der Waals surface area (Å²) in [5.74, 6) is -0.588. The molecule has 2 aromatic carbocycles. The zero-order chi connectivity index (χ0) is 14.5. The molecule has 104 valence electrons. The van der Waals surface area contributed by atoms with Crippen molar-refractivity contribution in [2.45, 2.75) is 0 Å². The average Bonchev–Trinajstić information content (AvgIpc) is 2.44. The molecule has 0 aromatic heterocycles. The van der Waals surface area contributed by atoms with E-state index in [2.05, 4.69) is 10.6 Å². The molecule has 6 heteroatoms. The minimum atomic E-state index is -0.799. The van der Waals surface area contributed by atoms with Gasteiger partial charge in [-0.25, -0.2) is 9.18 Å². The Bertz CT molecular complexity index is 614. The van der Waals surface area contributed by atoms with Gasteiger partial charge in [-0.05, 0) is 36.4 Å². The fourth-order valence-electron chi connectivity index (χ4n) is 1.55. The Balaban J connectivity index is 1.99. The molecule has 3 N–H and O–H groups in total. The summed E-state index contributed by atoms with van der Waals surface area (Å²) in [5.41, 5.74) is 0.814. The van der Waals surface area contributed by atoms with Crippen molar-refractivity contribution >= 4 is 17.4 Å². The first-order valence-electron chi connectivity index (χ1n) is 5.79. The molecule has 0 aliphatic rings. The topological polar surface area (TPSA) is 70.6 Å². The fourth-order valence-corrected chi connectivity index (χ4v) is 1.55. The van der Waals surface area contributed by atoms with Crippen molar-refractivity contribution in [2.75, 3.05) is 17.7 Å². The van der Waals surface area contributed by atoms with Crippen LogP contribution < -0.4 is 15.4 Å². The number of halogens is 1. The first kappa shape index (κ1) is 13.7. The van der Waals surface area contributed by atoms with Crippen LogP contribution >= 0.6 is 0 Å². The number of amides is 2. The third kappa shape index (κ3) is 3.38. The maximum Gasteiger partial charge on any atom is 0.323 e. The van der Waals surface area contributed by atoms with Crippen LogP contribution in [0, 0.1) is 5.82 Å². The van der Waals surface area contributed by atoms with Crippen LogP contribution in [0.3, 0.4) is 0 Å². The van der Waals surface area contributed by atoms with Gasteiger partial charge in [-0.15, -0.1) is 0 Å². The molecular weight excluding hydrogens is 263 g/mol. The van der Waals surface area contributed by atoms with E-state index >= 15 is 0 Å². The Hall–Kier alpha value is -2.76. The van der Waals surface area contributed by atoms with Gasteiger partial charge < -0.3 is 20.5 Å². The number of nitrogens with one attached hydrogen (secondary N) is 2. The lowest BCUT2D eigenvalue weighted by Crippen LogP contribution is -2.19. The number of phenolic OH excluding ortho intramolecular Hbond substituents is 1. The number of carbonyl (C=O) groups excluding carboxylic acids is 1. The highest BCUT2D eigenvalue weighted by atomic mass is 19.1. The summed E-state index contributed by atoms with van der Waals surface area (Å²) in [6.07, 6.45) is 0. The molecule has 0 fully saturated rings. The molecule has 0 bridgehead atoms. The van der Waals surface area contributed by atoms with E-state index in [0.717, 1.165) is 6.07 Å². The van der Waals surface area contributed by atoms with Crippen molar-refractivity contribution in [3.63, 3.8) is 0 Å². The van der Waals surface area contributed by atoms with Crippen LogP contribution in [0.5, 0.6) is 11.5 Å². The summed E-state index contributed by atoms with van der Waals surface area (Å²) in [6, 6.07) is 9.84. The molecule has 20 heavy (non-hydrogen) atoms. The van der Waals surface area contributed by atoms with E-state index in [-0.39, 0.29) is 5.69 Å². The SMILES string of the molecule is COc1ccc(NC(=O)Nc2ccc(O)c(F)c2)cc1.